The van der Waals surface area contributed by atoms with Crippen molar-refractivity contribution in [3.63, 3.8) is 0 Å². The number of hydrogen-bond donors (Lipinski definition) is 0. The maximum atomic E-state index is 5.08. The molecule has 2 rings (SSSR count). The van der Waals surface area contributed by atoms with Gasteiger partial charge in [0.15, 0.2) is 0 Å². The van der Waals surface area contributed by atoms with Crippen LogP contribution in [0.2, 0.25) is 0 Å². The van der Waals surface area contributed by atoms with Crippen molar-refractivity contribution in [2.24, 2.45) is 0 Å². The van der Waals surface area contributed by atoms with E-state index in [-0.39, 0.29) is 0 Å². The van der Waals surface area contributed by atoms with Crippen LogP contribution in [-0.2, 0) is 0 Å². The molecular weight excluding hydrogens is 252 g/mol. The first-order chi connectivity index (χ1) is 6.36. The highest BCUT2D eigenvalue weighted by Gasteiger charge is 2.05. The molecule has 0 aliphatic rings. The van der Waals surface area contributed by atoms with E-state index in [9.17, 15) is 0 Å². The van der Waals surface area contributed by atoms with Crippen LogP contribution in [0.15, 0.2) is 49.9 Å². The highest BCUT2D eigenvalue weighted by Crippen LogP contribution is 2.29. The number of halogens is 1. The van der Waals surface area contributed by atoms with Gasteiger partial charge in [-0.1, -0.05) is 0 Å². The molecule has 0 unspecified atom stereocenters. The largest absolute Gasteiger partial charge is 0.440 e. The third-order valence-corrected chi connectivity index (χ3v) is 3.12. The Labute approximate surface area is 87.7 Å². The first-order valence-corrected chi connectivity index (χ1v) is 5.15. The predicted octanol–water partition coefficient (Wildman–Crippen LogP) is 2.98. The van der Waals surface area contributed by atoms with Crippen molar-refractivity contribution < 1.29 is 4.42 Å². The zero-order valence-electron chi connectivity index (χ0n) is 6.48. The van der Waals surface area contributed by atoms with Crippen molar-refractivity contribution in [3.8, 4) is 0 Å². The maximum Gasteiger partial charge on any atom is 0.261 e. The van der Waals surface area contributed by atoms with Gasteiger partial charge >= 0.3 is 0 Å². The van der Waals surface area contributed by atoms with E-state index in [1.54, 1.807) is 18.7 Å². The summed E-state index contributed by atoms with van der Waals surface area (Å²) in [5.74, 6) is 0. The van der Waals surface area contributed by atoms with E-state index < -0.39 is 0 Å². The molecule has 0 aliphatic carbocycles. The van der Waals surface area contributed by atoms with Crippen molar-refractivity contribution in [2.75, 3.05) is 0 Å². The standard InChI is InChI=1S/C8H5BrN2OS/c9-6-2-1-3-10-7(6)13-8-11-4-5-12-8/h1-5H. The Kier molecular flexibility index (Phi) is 2.65. The van der Waals surface area contributed by atoms with Gasteiger partial charge in [-0.15, -0.1) is 0 Å². The number of rotatable bonds is 2. The Morgan fingerprint density at radius 2 is 2.23 bits per heavy atom. The van der Waals surface area contributed by atoms with E-state index in [0.29, 0.717) is 5.22 Å². The molecule has 0 saturated heterocycles. The smallest absolute Gasteiger partial charge is 0.261 e. The van der Waals surface area contributed by atoms with Crippen molar-refractivity contribution in [1.82, 2.24) is 9.97 Å². The fraction of sp³-hybridized carbons (Fsp3) is 0. The molecule has 2 aromatic heterocycles. The van der Waals surface area contributed by atoms with Gasteiger partial charge in [-0.25, -0.2) is 9.97 Å². The molecule has 0 saturated carbocycles. The lowest BCUT2D eigenvalue weighted by Gasteiger charge is -1.97. The van der Waals surface area contributed by atoms with Gasteiger partial charge in [-0.2, -0.15) is 0 Å². The number of nitrogens with zero attached hydrogens (tertiary/aromatic N) is 2. The second-order valence-electron chi connectivity index (χ2n) is 2.19. The second-order valence-corrected chi connectivity index (χ2v) is 3.98. The maximum absolute atomic E-state index is 5.08. The number of oxazole rings is 1. The average Bonchev–Trinajstić information content (AvgIpc) is 2.61. The Morgan fingerprint density at radius 3 is 2.92 bits per heavy atom. The summed E-state index contributed by atoms with van der Waals surface area (Å²) in [4.78, 5) is 8.16. The van der Waals surface area contributed by atoms with Crippen molar-refractivity contribution in [2.45, 2.75) is 10.2 Å². The van der Waals surface area contributed by atoms with E-state index in [0.717, 1.165) is 9.50 Å². The van der Waals surface area contributed by atoms with Gasteiger partial charge in [0.05, 0.1) is 10.7 Å². The average molecular weight is 257 g/mol. The van der Waals surface area contributed by atoms with Crippen LogP contribution < -0.4 is 0 Å². The van der Waals surface area contributed by atoms with Crippen molar-refractivity contribution in [3.05, 3.63) is 35.3 Å². The van der Waals surface area contributed by atoms with Crippen molar-refractivity contribution in [1.29, 1.82) is 0 Å². The zero-order valence-corrected chi connectivity index (χ0v) is 8.88. The molecule has 5 heteroatoms. The SMILES string of the molecule is Brc1cccnc1Sc1ncco1. The lowest BCUT2D eigenvalue weighted by molar-refractivity contribution is 0.454. The van der Waals surface area contributed by atoms with E-state index in [4.69, 9.17) is 4.42 Å². The van der Waals surface area contributed by atoms with Gasteiger partial charge in [-0.05, 0) is 39.8 Å². The minimum Gasteiger partial charge on any atom is -0.440 e. The Morgan fingerprint density at radius 1 is 1.31 bits per heavy atom. The summed E-state index contributed by atoms with van der Waals surface area (Å²) in [6.07, 6.45) is 4.88. The fourth-order valence-electron chi connectivity index (χ4n) is 0.790. The van der Waals surface area contributed by atoms with Crippen LogP contribution in [0.5, 0.6) is 0 Å². The predicted molar refractivity (Wildman–Crippen MR) is 52.6 cm³/mol. The molecule has 0 atom stereocenters. The molecule has 0 aromatic carbocycles. The summed E-state index contributed by atoms with van der Waals surface area (Å²) in [7, 11) is 0. The Bertz CT molecular complexity index is 391. The van der Waals surface area contributed by atoms with Gasteiger partial charge in [-0.3, -0.25) is 0 Å². The van der Waals surface area contributed by atoms with Crippen LogP contribution in [0.3, 0.4) is 0 Å². The van der Waals surface area contributed by atoms with Crippen LogP contribution in [0.1, 0.15) is 0 Å². The molecule has 0 N–H and O–H groups in total. The van der Waals surface area contributed by atoms with Crippen LogP contribution in [0, 0.1) is 0 Å². The summed E-state index contributed by atoms with van der Waals surface area (Å²) < 4.78 is 6.03. The number of hydrogen-bond acceptors (Lipinski definition) is 4. The van der Waals surface area contributed by atoms with Crippen LogP contribution in [0.4, 0.5) is 0 Å². The van der Waals surface area contributed by atoms with Gasteiger partial charge < -0.3 is 4.42 Å². The lowest BCUT2D eigenvalue weighted by atomic mass is 10.5. The summed E-state index contributed by atoms with van der Waals surface area (Å²) >= 11 is 4.77. The quantitative estimate of drug-likeness (QED) is 0.829. The Balaban J connectivity index is 2.24. The minimum absolute atomic E-state index is 0.597. The molecule has 0 radical (unpaired) electrons. The topological polar surface area (TPSA) is 38.9 Å². The third-order valence-electron chi connectivity index (χ3n) is 1.32. The molecule has 66 valence electrons. The molecule has 3 nitrogen and oxygen atoms in total. The van der Waals surface area contributed by atoms with E-state index in [1.807, 2.05) is 12.1 Å². The monoisotopic (exact) mass is 256 g/mol. The van der Waals surface area contributed by atoms with Crippen LogP contribution >= 0.6 is 27.7 Å². The lowest BCUT2D eigenvalue weighted by Crippen LogP contribution is -1.79. The molecule has 0 fully saturated rings. The molecule has 0 aliphatic heterocycles. The molecule has 2 heterocycles. The highest BCUT2D eigenvalue weighted by atomic mass is 79.9. The summed E-state index contributed by atoms with van der Waals surface area (Å²) in [6.45, 7) is 0. The van der Waals surface area contributed by atoms with Crippen LogP contribution in [-0.4, -0.2) is 9.97 Å². The summed E-state index contributed by atoms with van der Waals surface area (Å²) in [5, 5.41) is 1.45. The zero-order chi connectivity index (χ0) is 9.10. The number of pyridine rings is 1. The molecule has 0 amide bonds. The Hall–Kier alpha value is -0.810. The molecule has 2 aromatic rings. The number of aromatic nitrogens is 2. The first kappa shape index (κ1) is 8.77. The van der Waals surface area contributed by atoms with Crippen LogP contribution in [0.25, 0.3) is 0 Å². The molecule has 0 spiro atoms. The summed E-state index contributed by atoms with van der Waals surface area (Å²) in [6, 6.07) is 3.79. The summed E-state index contributed by atoms with van der Waals surface area (Å²) in [5.41, 5.74) is 0. The van der Waals surface area contributed by atoms with Crippen molar-refractivity contribution >= 4 is 27.7 Å². The van der Waals surface area contributed by atoms with E-state index in [1.165, 1.54) is 11.8 Å². The fourth-order valence-corrected chi connectivity index (χ4v) is 1.95. The van der Waals surface area contributed by atoms with Gasteiger partial charge in [0, 0.05) is 6.20 Å². The third kappa shape index (κ3) is 2.10. The van der Waals surface area contributed by atoms with E-state index >= 15 is 0 Å². The van der Waals surface area contributed by atoms with E-state index in [2.05, 4.69) is 25.9 Å². The van der Waals surface area contributed by atoms with Gasteiger partial charge in [0.2, 0.25) is 0 Å². The normalized spacial score (nSPS) is 10.2. The first-order valence-electron chi connectivity index (χ1n) is 3.54. The minimum atomic E-state index is 0.597. The molecule has 0 bridgehead atoms. The highest BCUT2D eigenvalue weighted by molar-refractivity contribution is 9.10. The van der Waals surface area contributed by atoms with Gasteiger partial charge in [0.25, 0.3) is 5.22 Å². The van der Waals surface area contributed by atoms with Gasteiger partial charge in [0.1, 0.15) is 11.3 Å². The molecular formula is C8H5BrN2OS. The molecule has 13 heavy (non-hydrogen) atoms. The second kappa shape index (κ2) is 3.93.